The molecule has 0 aliphatic carbocycles. The number of para-hydroxylation sites is 1. The lowest BCUT2D eigenvalue weighted by Gasteiger charge is -2.33. The van der Waals surface area contributed by atoms with Crippen LogP contribution in [-0.2, 0) is 27.3 Å². The van der Waals surface area contributed by atoms with E-state index in [4.69, 9.17) is 4.74 Å². The third-order valence-corrected chi connectivity index (χ3v) is 6.14. The van der Waals surface area contributed by atoms with Crippen LogP contribution in [0.4, 0.5) is 5.69 Å². The molecule has 2 fully saturated rings. The van der Waals surface area contributed by atoms with Crippen molar-refractivity contribution in [3.8, 4) is 0 Å². The van der Waals surface area contributed by atoms with Gasteiger partial charge in [0.15, 0.2) is 0 Å². The van der Waals surface area contributed by atoms with Gasteiger partial charge in [-0.25, -0.2) is 0 Å². The van der Waals surface area contributed by atoms with Crippen molar-refractivity contribution in [2.24, 2.45) is 5.92 Å². The number of nitrogens with one attached hydrogen (secondary N) is 1. The minimum Gasteiger partial charge on any atom is -0.374 e. The summed E-state index contributed by atoms with van der Waals surface area (Å²) in [6.07, 6.45) is 1.08. The Morgan fingerprint density at radius 3 is 2.68 bits per heavy atom. The summed E-state index contributed by atoms with van der Waals surface area (Å²) in [5.41, 5.74) is 3.34. The number of morpholine rings is 1. The van der Waals surface area contributed by atoms with E-state index >= 15 is 0 Å². The Kier molecular flexibility index (Phi) is 6.99. The zero-order valence-electron chi connectivity index (χ0n) is 18.1. The van der Waals surface area contributed by atoms with E-state index in [0.29, 0.717) is 19.7 Å². The van der Waals surface area contributed by atoms with Gasteiger partial charge in [0.25, 0.3) is 0 Å². The fourth-order valence-corrected chi connectivity index (χ4v) is 4.44. The molecule has 2 saturated heterocycles. The smallest absolute Gasteiger partial charge is 0.227 e. The Hall–Kier alpha value is -2.70. The maximum atomic E-state index is 12.8. The number of aryl methyl sites for hydroxylation is 1. The van der Waals surface area contributed by atoms with Crippen molar-refractivity contribution in [2.75, 3.05) is 37.7 Å². The van der Waals surface area contributed by atoms with Gasteiger partial charge in [-0.1, -0.05) is 55.5 Å². The molecule has 2 heterocycles. The molecule has 31 heavy (non-hydrogen) atoms. The van der Waals surface area contributed by atoms with Gasteiger partial charge in [0.2, 0.25) is 11.8 Å². The molecule has 2 atom stereocenters. The number of carbonyl (C=O) groups is 2. The summed E-state index contributed by atoms with van der Waals surface area (Å²) in [6.45, 7) is 6.22. The van der Waals surface area contributed by atoms with Gasteiger partial charge in [0.1, 0.15) is 0 Å². The Morgan fingerprint density at radius 2 is 1.87 bits per heavy atom. The second kappa shape index (κ2) is 10.1. The molecule has 2 amide bonds. The quantitative estimate of drug-likeness (QED) is 0.747. The number of anilines is 1. The average molecular weight is 422 g/mol. The van der Waals surface area contributed by atoms with Gasteiger partial charge in [-0.2, -0.15) is 0 Å². The summed E-state index contributed by atoms with van der Waals surface area (Å²) in [5.74, 6) is -0.362. The van der Waals surface area contributed by atoms with Crippen LogP contribution in [0.15, 0.2) is 54.6 Å². The molecule has 164 valence electrons. The fraction of sp³-hybridized carbons (Fsp3) is 0.440. The highest BCUT2D eigenvalue weighted by Gasteiger charge is 2.36. The first-order chi connectivity index (χ1) is 15.1. The van der Waals surface area contributed by atoms with E-state index in [2.05, 4.69) is 41.4 Å². The molecule has 2 aromatic rings. The minimum absolute atomic E-state index is 0.0176. The molecule has 2 aliphatic heterocycles. The monoisotopic (exact) mass is 421 g/mol. The molecule has 2 unspecified atom stereocenters. The number of amides is 2. The first-order valence-corrected chi connectivity index (χ1v) is 11.2. The first-order valence-electron chi connectivity index (χ1n) is 11.2. The molecule has 0 aromatic heterocycles. The second-order valence-corrected chi connectivity index (χ2v) is 8.35. The topological polar surface area (TPSA) is 61.9 Å². The van der Waals surface area contributed by atoms with E-state index < -0.39 is 0 Å². The molecular formula is C25H31N3O3. The number of ether oxygens (including phenoxy) is 1. The van der Waals surface area contributed by atoms with Crippen molar-refractivity contribution in [1.29, 1.82) is 0 Å². The van der Waals surface area contributed by atoms with E-state index in [1.54, 1.807) is 4.90 Å². The zero-order chi connectivity index (χ0) is 21.6. The molecular weight excluding hydrogens is 390 g/mol. The molecule has 0 saturated carbocycles. The molecule has 6 nitrogen and oxygen atoms in total. The molecule has 2 aromatic carbocycles. The van der Waals surface area contributed by atoms with Gasteiger partial charge >= 0.3 is 0 Å². The first kappa shape index (κ1) is 21.5. The Morgan fingerprint density at radius 1 is 1.10 bits per heavy atom. The molecule has 4 rings (SSSR count). The standard InChI is InChI=1S/C25H31N3O3/c1-2-20-10-6-7-11-23(20)28-17-21(14-24(28)29)25(30)26-15-22-18-27(12-13-31-22)16-19-8-4-3-5-9-19/h3-11,21-22H,2,12-18H2,1H3,(H,26,30). The summed E-state index contributed by atoms with van der Waals surface area (Å²) in [5, 5.41) is 3.03. The number of rotatable bonds is 7. The highest BCUT2D eigenvalue weighted by molar-refractivity contribution is 6.00. The van der Waals surface area contributed by atoms with Crippen LogP contribution in [0.5, 0.6) is 0 Å². The van der Waals surface area contributed by atoms with Crippen LogP contribution < -0.4 is 10.2 Å². The summed E-state index contributed by atoms with van der Waals surface area (Å²) in [4.78, 5) is 29.5. The van der Waals surface area contributed by atoms with Gasteiger partial charge in [-0.3, -0.25) is 14.5 Å². The van der Waals surface area contributed by atoms with Crippen LogP contribution in [0.25, 0.3) is 0 Å². The van der Waals surface area contributed by atoms with Gasteiger partial charge in [-0.15, -0.1) is 0 Å². The number of nitrogens with zero attached hydrogens (tertiary/aromatic N) is 2. The normalized spacial score (nSPS) is 22.0. The lowest BCUT2D eigenvalue weighted by atomic mass is 10.1. The van der Waals surface area contributed by atoms with E-state index in [1.165, 1.54) is 5.56 Å². The highest BCUT2D eigenvalue weighted by Crippen LogP contribution is 2.28. The minimum atomic E-state index is -0.318. The summed E-state index contributed by atoms with van der Waals surface area (Å²) in [7, 11) is 0. The van der Waals surface area contributed by atoms with Crippen LogP contribution in [0, 0.1) is 5.92 Å². The lowest BCUT2D eigenvalue weighted by molar-refractivity contribution is -0.127. The zero-order valence-corrected chi connectivity index (χ0v) is 18.1. The van der Waals surface area contributed by atoms with Crippen molar-refractivity contribution in [3.05, 3.63) is 65.7 Å². The summed E-state index contributed by atoms with van der Waals surface area (Å²) >= 11 is 0. The fourth-order valence-electron chi connectivity index (χ4n) is 4.44. The summed E-state index contributed by atoms with van der Waals surface area (Å²) < 4.78 is 5.87. The molecule has 1 N–H and O–H groups in total. The van der Waals surface area contributed by atoms with E-state index in [-0.39, 0.29) is 30.3 Å². The van der Waals surface area contributed by atoms with Crippen LogP contribution in [-0.4, -0.2) is 55.6 Å². The van der Waals surface area contributed by atoms with Crippen molar-refractivity contribution in [3.63, 3.8) is 0 Å². The van der Waals surface area contributed by atoms with Crippen LogP contribution in [0.1, 0.15) is 24.5 Å². The van der Waals surface area contributed by atoms with Gasteiger partial charge in [0.05, 0.1) is 18.6 Å². The third-order valence-electron chi connectivity index (χ3n) is 6.14. The number of hydrogen-bond donors (Lipinski definition) is 1. The average Bonchev–Trinajstić information content (AvgIpc) is 3.20. The number of carbonyl (C=O) groups excluding carboxylic acids is 2. The predicted octanol–water partition coefficient (Wildman–Crippen LogP) is 2.62. The van der Waals surface area contributed by atoms with Gasteiger partial charge in [0, 0.05) is 44.8 Å². The van der Waals surface area contributed by atoms with Gasteiger partial charge in [-0.05, 0) is 23.6 Å². The van der Waals surface area contributed by atoms with E-state index in [1.807, 2.05) is 30.3 Å². The molecule has 6 heteroatoms. The second-order valence-electron chi connectivity index (χ2n) is 8.35. The predicted molar refractivity (Wildman–Crippen MR) is 121 cm³/mol. The third kappa shape index (κ3) is 5.32. The number of hydrogen-bond acceptors (Lipinski definition) is 4. The molecule has 0 bridgehead atoms. The maximum absolute atomic E-state index is 12.8. The maximum Gasteiger partial charge on any atom is 0.227 e. The van der Waals surface area contributed by atoms with Crippen LogP contribution in [0.2, 0.25) is 0 Å². The van der Waals surface area contributed by atoms with Crippen molar-refractivity contribution in [1.82, 2.24) is 10.2 Å². The van der Waals surface area contributed by atoms with Crippen LogP contribution in [0.3, 0.4) is 0 Å². The van der Waals surface area contributed by atoms with E-state index in [0.717, 1.165) is 37.3 Å². The van der Waals surface area contributed by atoms with Crippen molar-refractivity contribution in [2.45, 2.75) is 32.4 Å². The molecule has 0 spiro atoms. The SMILES string of the molecule is CCc1ccccc1N1CC(C(=O)NCC2CN(Cc3ccccc3)CCO2)CC1=O. The van der Waals surface area contributed by atoms with Crippen molar-refractivity contribution < 1.29 is 14.3 Å². The number of benzene rings is 2. The summed E-state index contributed by atoms with van der Waals surface area (Å²) in [6, 6.07) is 18.3. The largest absolute Gasteiger partial charge is 0.374 e. The lowest BCUT2D eigenvalue weighted by Crippen LogP contribution is -2.48. The van der Waals surface area contributed by atoms with Crippen LogP contribution >= 0.6 is 0 Å². The molecule has 2 aliphatic rings. The Bertz CT molecular complexity index is 902. The van der Waals surface area contributed by atoms with Gasteiger partial charge < -0.3 is 15.0 Å². The van der Waals surface area contributed by atoms with E-state index in [9.17, 15) is 9.59 Å². The Balaban J connectivity index is 1.28. The highest BCUT2D eigenvalue weighted by atomic mass is 16.5. The Labute approximate surface area is 184 Å². The van der Waals surface area contributed by atoms with Crippen molar-refractivity contribution >= 4 is 17.5 Å². The molecule has 0 radical (unpaired) electrons.